The number of nitrogens with zero attached hydrogens (tertiary/aromatic N) is 2. The average Bonchev–Trinajstić information content (AvgIpc) is 2.69. The summed E-state index contributed by atoms with van der Waals surface area (Å²) < 4.78 is 0. The smallest absolute Gasteiger partial charge is 0.242 e. The molecule has 1 N–H and O–H groups in total. The molecule has 7 heteroatoms. The van der Waals surface area contributed by atoms with Gasteiger partial charge in [-0.1, -0.05) is 35.5 Å². The highest BCUT2D eigenvalue weighted by atomic mass is 35.5. The second-order valence-corrected chi connectivity index (χ2v) is 5.82. The summed E-state index contributed by atoms with van der Waals surface area (Å²) in [6, 6.07) is 6.98. The van der Waals surface area contributed by atoms with E-state index in [4.69, 9.17) is 11.6 Å². The fourth-order valence-electron chi connectivity index (χ4n) is 1.83. The van der Waals surface area contributed by atoms with Crippen molar-refractivity contribution in [2.75, 3.05) is 19.4 Å². The van der Waals surface area contributed by atoms with Crippen molar-refractivity contribution in [3.8, 4) is 0 Å². The maximum atomic E-state index is 12.0. The minimum Gasteiger partial charge on any atom is -0.325 e. The van der Waals surface area contributed by atoms with Crippen LogP contribution in [0.4, 0.5) is 5.69 Å². The van der Waals surface area contributed by atoms with Gasteiger partial charge in [0.1, 0.15) is 5.25 Å². The van der Waals surface area contributed by atoms with Crippen molar-refractivity contribution in [2.24, 2.45) is 4.99 Å². The number of carbonyl (C=O) groups is 2. The van der Waals surface area contributed by atoms with Gasteiger partial charge in [-0.05, 0) is 12.1 Å². The number of hydrogen-bond acceptors (Lipinski definition) is 4. The van der Waals surface area contributed by atoms with E-state index in [1.165, 1.54) is 16.7 Å². The van der Waals surface area contributed by atoms with Crippen LogP contribution < -0.4 is 5.32 Å². The van der Waals surface area contributed by atoms with Crippen molar-refractivity contribution in [1.29, 1.82) is 0 Å². The number of halogens is 1. The number of amidine groups is 1. The summed E-state index contributed by atoms with van der Waals surface area (Å²) in [6.07, 6.45) is 0.0953. The quantitative estimate of drug-likeness (QED) is 0.931. The maximum absolute atomic E-state index is 12.0. The van der Waals surface area contributed by atoms with Crippen molar-refractivity contribution < 1.29 is 9.59 Å². The molecule has 1 saturated heterocycles. The molecule has 0 saturated carbocycles. The minimum absolute atomic E-state index is 0.0953. The lowest BCUT2D eigenvalue weighted by atomic mass is 10.2. The molecule has 106 valence electrons. The Morgan fingerprint density at radius 3 is 2.80 bits per heavy atom. The van der Waals surface area contributed by atoms with Crippen molar-refractivity contribution in [1.82, 2.24) is 4.90 Å². The largest absolute Gasteiger partial charge is 0.325 e. The molecule has 0 bridgehead atoms. The molecule has 0 aliphatic carbocycles. The Kier molecular flexibility index (Phi) is 4.67. The lowest BCUT2D eigenvalue weighted by Crippen LogP contribution is -2.30. The first-order valence-electron chi connectivity index (χ1n) is 5.98. The third-order valence-corrected chi connectivity index (χ3v) is 4.50. The fourth-order valence-corrected chi connectivity index (χ4v) is 3.12. The van der Waals surface area contributed by atoms with Crippen LogP contribution in [0.3, 0.4) is 0 Å². The Hall–Kier alpha value is -1.53. The third-order valence-electron chi connectivity index (χ3n) is 2.85. The van der Waals surface area contributed by atoms with Crippen LogP contribution in [-0.4, -0.2) is 41.2 Å². The van der Waals surface area contributed by atoms with Crippen LogP contribution in [0.2, 0.25) is 5.02 Å². The van der Waals surface area contributed by atoms with Crippen LogP contribution in [0.5, 0.6) is 0 Å². The van der Waals surface area contributed by atoms with Gasteiger partial charge in [0.05, 0.1) is 10.7 Å². The zero-order valence-corrected chi connectivity index (χ0v) is 12.7. The van der Waals surface area contributed by atoms with Gasteiger partial charge in [-0.25, -0.2) is 0 Å². The molecule has 1 aromatic rings. The van der Waals surface area contributed by atoms with E-state index in [1.807, 2.05) is 0 Å². The molecule has 0 radical (unpaired) electrons. The molecule has 1 heterocycles. The van der Waals surface area contributed by atoms with Gasteiger partial charge in [0.25, 0.3) is 0 Å². The molecule has 2 amide bonds. The van der Waals surface area contributed by atoms with E-state index in [-0.39, 0.29) is 18.2 Å². The van der Waals surface area contributed by atoms with Crippen LogP contribution in [0.25, 0.3) is 0 Å². The SMILES string of the molecule is CN=C1S[C@H](CC(=O)Nc2ccccc2Cl)C(=O)N1C. The molecule has 0 spiro atoms. The summed E-state index contributed by atoms with van der Waals surface area (Å²) in [5.41, 5.74) is 0.548. The summed E-state index contributed by atoms with van der Waals surface area (Å²) in [4.78, 5) is 29.4. The number of benzene rings is 1. The van der Waals surface area contributed by atoms with Crippen LogP contribution in [0.15, 0.2) is 29.3 Å². The van der Waals surface area contributed by atoms with Gasteiger partial charge in [0, 0.05) is 20.5 Å². The summed E-state index contributed by atoms with van der Waals surface area (Å²) in [5.74, 6) is -0.348. The fraction of sp³-hybridized carbons (Fsp3) is 0.308. The number of anilines is 1. The van der Waals surface area contributed by atoms with Gasteiger partial charge in [0.15, 0.2) is 5.17 Å². The normalized spacial score (nSPS) is 20.6. The number of aliphatic imine (C=N–C) groups is 1. The molecular weight excluding hydrogens is 298 g/mol. The molecule has 5 nitrogen and oxygen atoms in total. The summed E-state index contributed by atoms with van der Waals surface area (Å²) in [5, 5.41) is 3.38. The summed E-state index contributed by atoms with van der Waals surface area (Å²) in [7, 11) is 3.28. The molecule has 1 aliphatic rings. The molecule has 1 aromatic carbocycles. The first kappa shape index (κ1) is 14.9. The number of amides is 2. The van der Waals surface area contributed by atoms with Crippen molar-refractivity contribution in [3.05, 3.63) is 29.3 Å². The first-order chi connectivity index (χ1) is 9.52. The molecule has 0 aromatic heterocycles. The van der Waals surface area contributed by atoms with E-state index in [2.05, 4.69) is 10.3 Å². The molecule has 1 aliphatic heterocycles. The Morgan fingerprint density at radius 1 is 1.50 bits per heavy atom. The number of rotatable bonds is 3. The Bertz CT molecular complexity index is 576. The molecule has 1 atom stereocenters. The van der Waals surface area contributed by atoms with Crippen LogP contribution in [0, 0.1) is 0 Å². The Balaban J connectivity index is 1.99. The summed E-state index contributed by atoms with van der Waals surface area (Å²) in [6.45, 7) is 0. The number of para-hydroxylation sites is 1. The van der Waals surface area contributed by atoms with Crippen LogP contribution in [-0.2, 0) is 9.59 Å². The van der Waals surface area contributed by atoms with Crippen molar-refractivity contribution in [2.45, 2.75) is 11.7 Å². The number of hydrogen-bond donors (Lipinski definition) is 1. The molecule has 0 unspecified atom stereocenters. The second-order valence-electron chi connectivity index (χ2n) is 4.24. The van der Waals surface area contributed by atoms with Crippen molar-refractivity contribution >= 4 is 46.0 Å². The third kappa shape index (κ3) is 3.13. The lowest BCUT2D eigenvalue weighted by molar-refractivity contribution is -0.127. The summed E-state index contributed by atoms with van der Waals surface area (Å²) >= 11 is 7.27. The zero-order valence-electron chi connectivity index (χ0n) is 11.1. The predicted molar refractivity (Wildman–Crippen MR) is 82.2 cm³/mol. The highest BCUT2D eigenvalue weighted by Gasteiger charge is 2.36. The van der Waals surface area contributed by atoms with E-state index >= 15 is 0 Å². The zero-order chi connectivity index (χ0) is 14.7. The van der Waals surface area contributed by atoms with E-state index in [9.17, 15) is 9.59 Å². The molecule has 1 fully saturated rings. The van der Waals surface area contributed by atoms with Gasteiger partial charge in [-0.3, -0.25) is 19.5 Å². The molecular formula is C13H14ClN3O2S. The monoisotopic (exact) mass is 311 g/mol. The van der Waals surface area contributed by atoms with Gasteiger partial charge in [-0.2, -0.15) is 0 Å². The first-order valence-corrected chi connectivity index (χ1v) is 7.24. The molecule has 2 rings (SSSR count). The van der Waals surface area contributed by atoms with E-state index in [1.54, 1.807) is 38.4 Å². The highest BCUT2D eigenvalue weighted by Crippen LogP contribution is 2.29. The lowest BCUT2D eigenvalue weighted by Gasteiger charge is -2.09. The van der Waals surface area contributed by atoms with E-state index in [0.29, 0.717) is 15.9 Å². The molecule has 20 heavy (non-hydrogen) atoms. The van der Waals surface area contributed by atoms with Gasteiger partial charge in [0.2, 0.25) is 11.8 Å². The van der Waals surface area contributed by atoms with Gasteiger partial charge >= 0.3 is 0 Å². The number of nitrogens with one attached hydrogen (secondary N) is 1. The Morgan fingerprint density at radius 2 is 2.20 bits per heavy atom. The van der Waals surface area contributed by atoms with Crippen LogP contribution in [0.1, 0.15) is 6.42 Å². The Labute approximate surface area is 126 Å². The van der Waals surface area contributed by atoms with E-state index in [0.717, 1.165) is 0 Å². The highest BCUT2D eigenvalue weighted by molar-refractivity contribution is 8.15. The van der Waals surface area contributed by atoms with Crippen LogP contribution >= 0.6 is 23.4 Å². The standard InChI is InChI=1S/C13H14ClN3O2S/c1-15-13-17(2)12(19)10(20-13)7-11(18)16-9-6-4-3-5-8(9)14/h3-6,10H,7H2,1-2H3,(H,16,18)/t10-/m1/s1. The second kappa shape index (κ2) is 6.28. The number of carbonyl (C=O) groups excluding carboxylic acids is 2. The predicted octanol–water partition coefficient (Wildman–Crippen LogP) is 2.23. The maximum Gasteiger partial charge on any atom is 0.242 e. The topological polar surface area (TPSA) is 61.8 Å². The van der Waals surface area contributed by atoms with E-state index < -0.39 is 5.25 Å². The van der Waals surface area contributed by atoms with Gasteiger partial charge < -0.3 is 5.32 Å². The number of thioether (sulfide) groups is 1. The van der Waals surface area contributed by atoms with Gasteiger partial charge in [-0.15, -0.1) is 0 Å². The minimum atomic E-state index is -0.429. The average molecular weight is 312 g/mol. The van der Waals surface area contributed by atoms with Crippen molar-refractivity contribution in [3.63, 3.8) is 0 Å².